The Balaban J connectivity index is 1.64. The number of hydrogen-bond donors (Lipinski definition) is 1. The maximum atomic E-state index is 12.7. The van der Waals surface area contributed by atoms with Crippen LogP contribution in [0.1, 0.15) is 31.2 Å². The lowest BCUT2D eigenvalue weighted by Crippen LogP contribution is -2.31. The van der Waals surface area contributed by atoms with E-state index < -0.39 is 0 Å². The molecule has 0 aromatic heterocycles. The molecule has 1 N–H and O–H groups in total. The molecular weight excluding hydrogens is 245 g/mol. The molecule has 104 valence electrons. The minimum absolute atomic E-state index is 0.0361. The molecule has 1 aliphatic heterocycles. The van der Waals surface area contributed by atoms with Crippen LogP contribution >= 0.6 is 0 Å². The van der Waals surface area contributed by atoms with E-state index in [0.29, 0.717) is 13.0 Å². The van der Waals surface area contributed by atoms with Gasteiger partial charge in [0.25, 0.3) is 0 Å². The highest BCUT2D eigenvalue weighted by molar-refractivity contribution is 5.76. The zero-order valence-electron chi connectivity index (χ0n) is 11.0. The third kappa shape index (κ3) is 4.99. The average molecular weight is 265 g/mol. The number of benzene rings is 1. The van der Waals surface area contributed by atoms with Crippen molar-refractivity contribution in [1.29, 1.82) is 0 Å². The van der Waals surface area contributed by atoms with Gasteiger partial charge in [-0.2, -0.15) is 0 Å². The predicted octanol–water partition coefficient (Wildman–Crippen LogP) is 2.44. The number of hydrogen-bond acceptors (Lipinski definition) is 2. The Labute approximate surface area is 113 Å². The van der Waals surface area contributed by atoms with Crippen LogP contribution in [-0.2, 0) is 16.0 Å². The number of nitrogens with one attached hydrogen (secondary N) is 1. The molecule has 1 aliphatic rings. The first kappa shape index (κ1) is 14.0. The molecule has 1 fully saturated rings. The van der Waals surface area contributed by atoms with Crippen molar-refractivity contribution in [2.45, 2.75) is 38.2 Å². The normalized spacial score (nSPS) is 19.1. The van der Waals surface area contributed by atoms with Gasteiger partial charge < -0.3 is 10.1 Å². The molecule has 1 heterocycles. The lowest BCUT2D eigenvalue weighted by Gasteiger charge is -2.21. The SMILES string of the molecule is O=C(CC1CCCCO1)NCCc1ccc(F)cc1. The summed E-state index contributed by atoms with van der Waals surface area (Å²) in [6.07, 6.45) is 4.47. The summed E-state index contributed by atoms with van der Waals surface area (Å²) in [4.78, 5) is 11.7. The van der Waals surface area contributed by atoms with E-state index in [4.69, 9.17) is 4.74 Å². The van der Waals surface area contributed by atoms with Gasteiger partial charge in [-0.05, 0) is 43.4 Å². The fourth-order valence-corrected chi connectivity index (χ4v) is 2.24. The van der Waals surface area contributed by atoms with Gasteiger partial charge in [0, 0.05) is 13.2 Å². The fraction of sp³-hybridized carbons (Fsp3) is 0.533. The molecule has 4 heteroatoms. The second kappa shape index (κ2) is 7.24. The van der Waals surface area contributed by atoms with E-state index in [-0.39, 0.29) is 17.8 Å². The monoisotopic (exact) mass is 265 g/mol. The van der Waals surface area contributed by atoms with Crippen molar-refractivity contribution in [1.82, 2.24) is 5.32 Å². The molecule has 1 aromatic carbocycles. The lowest BCUT2D eigenvalue weighted by atomic mass is 10.1. The Morgan fingerprint density at radius 3 is 2.79 bits per heavy atom. The van der Waals surface area contributed by atoms with Crippen molar-refractivity contribution < 1.29 is 13.9 Å². The van der Waals surface area contributed by atoms with E-state index in [0.717, 1.165) is 37.9 Å². The maximum Gasteiger partial charge on any atom is 0.222 e. The minimum atomic E-state index is -0.234. The highest BCUT2D eigenvalue weighted by Gasteiger charge is 2.17. The van der Waals surface area contributed by atoms with Crippen LogP contribution in [0.3, 0.4) is 0 Å². The molecule has 1 amide bonds. The Morgan fingerprint density at radius 2 is 2.11 bits per heavy atom. The second-order valence-electron chi connectivity index (χ2n) is 4.92. The molecule has 3 nitrogen and oxygen atoms in total. The summed E-state index contributed by atoms with van der Waals surface area (Å²) in [6, 6.07) is 6.36. The predicted molar refractivity (Wildman–Crippen MR) is 71.3 cm³/mol. The Kier molecular flexibility index (Phi) is 5.33. The van der Waals surface area contributed by atoms with Crippen LogP contribution in [0.4, 0.5) is 4.39 Å². The molecule has 1 atom stereocenters. The molecule has 1 saturated heterocycles. The number of carbonyl (C=O) groups is 1. The third-order valence-corrected chi connectivity index (χ3v) is 3.34. The number of rotatable bonds is 5. The van der Waals surface area contributed by atoms with Crippen LogP contribution in [0.25, 0.3) is 0 Å². The van der Waals surface area contributed by atoms with Crippen LogP contribution in [0.5, 0.6) is 0 Å². The molecule has 0 saturated carbocycles. The first-order valence-electron chi connectivity index (χ1n) is 6.87. The van der Waals surface area contributed by atoms with Crippen molar-refractivity contribution in [2.24, 2.45) is 0 Å². The molecule has 19 heavy (non-hydrogen) atoms. The van der Waals surface area contributed by atoms with Gasteiger partial charge in [-0.25, -0.2) is 4.39 Å². The fourth-order valence-electron chi connectivity index (χ4n) is 2.24. The molecule has 0 radical (unpaired) electrons. The summed E-state index contributed by atoms with van der Waals surface area (Å²) in [7, 11) is 0. The smallest absolute Gasteiger partial charge is 0.222 e. The minimum Gasteiger partial charge on any atom is -0.378 e. The van der Waals surface area contributed by atoms with Crippen LogP contribution in [0, 0.1) is 5.82 Å². The van der Waals surface area contributed by atoms with Crippen LogP contribution < -0.4 is 5.32 Å². The van der Waals surface area contributed by atoms with Crippen LogP contribution in [-0.4, -0.2) is 25.2 Å². The standard InChI is InChI=1S/C15H20FNO2/c16-13-6-4-12(5-7-13)8-9-17-15(18)11-14-3-1-2-10-19-14/h4-7,14H,1-3,8-11H2,(H,17,18). The third-order valence-electron chi connectivity index (χ3n) is 3.34. The van der Waals surface area contributed by atoms with Crippen molar-refractivity contribution in [3.8, 4) is 0 Å². The Bertz CT molecular complexity index is 399. The van der Waals surface area contributed by atoms with Crippen molar-refractivity contribution in [3.63, 3.8) is 0 Å². The van der Waals surface area contributed by atoms with Gasteiger partial charge in [0.05, 0.1) is 12.5 Å². The quantitative estimate of drug-likeness (QED) is 0.888. The number of ether oxygens (including phenoxy) is 1. The van der Waals surface area contributed by atoms with Gasteiger partial charge >= 0.3 is 0 Å². The van der Waals surface area contributed by atoms with Gasteiger partial charge in [0.1, 0.15) is 5.82 Å². The highest BCUT2D eigenvalue weighted by atomic mass is 19.1. The number of carbonyl (C=O) groups excluding carboxylic acids is 1. The van der Waals surface area contributed by atoms with Gasteiger partial charge in [0.2, 0.25) is 5.91 Å². The summed E-state index contributed by atoms with van der Waals surface area (Å²) in [5.74, 6) is -0.198. The van der Waals surface area contributed by atoms with Crippen LogP contribution in [0.15, 0.2) is 24.3 Å². The van der Waals surface area contributed by atoms with Crippen molar-refractivity contribution in [2.75, 3.05) is 13.2 Å². The summed E-state index contributed by atoms with van der Waals surface area (Å²) < 4.78 is 18.2. The van der Waals surface area contributed by atoms with Crippen molar-refractivity contribution in [3.05, 3.63) is 35.6 Å². The van der Waals surface area contributed by atoms with Crippen LogP contribution in [0.2, 0.25) is 0 Å². The van der Waals surface area contributed by atoms with E-state index in [1.54, 1.807) is 12.1 Å². The summed E-state index contributed by atoms with van der Waals surface area (Å²) >= 11 is 0. The lowest BCUT2D eigenvalue weighted by molar-refractivity contribution is -0.124. The Hall–Kier alpha value is -1.42. The number of amides is 1. The molecule has 1 unspecified atom stereocenters. The highest BCUT2D eigenvalue weighted by Crippen LogP contribution is 2.15. The zero-order chi connectivity index (χ0) is 13.5. The van der Waals surface area contributed by atoms with E-state index in [9.17, 15) is 9.18 Å². The Morgan fingerprint density at radius 1 is 1.32 bits per heavy atom. The molecule has 0 spiro atoms. The number of halogens is 1. The molecular formula is C15H20FNO2. The first-order chi connectivity index (χ1) is 9.24. The van der Waals surface area contributed by atoms with Gasteiger partial charge in [-0.15, -0.1) is 0 Å². The average Bonchev–Trinajstić information content (AvgIpc) is 2.42. The topological polar surface area (TPSA) is 38.3 Å². The summed E-state index contributed by atoms with van der Waals surface area (Å²) in [6.45, 7) is 1.35. The largest absolute Gasteiger partial charge is 0.378 e. The maximum absolute atomic E-state index is 12.7. The van der Waals surface area contributed by atoms with E-state index in [1.165, 1.54) is 12.1 Å². The van der Waals surface area contributed by atoms with E-state index in [1.807, 2.05) is 0 Å². The molecule has 0 bridgehead atoms. The van der Waals surface area contributed by atoms with Gasteiger partial charge in [0.15, 0.2) is 0 Å². The summed E-state index contributed by atoms with van der Waals surface area (Å²) in [5.41, 5.74) is 1.02. The van der Waals surface area contributed by atoms with Gasteiger partial charge in [-0.3, -0.25) is 4.79 Å². The first-order valence-corrected chi connectivity index (χ1v) is 6.87. The molecule has 2 rings (SSSR count). The van der Waals surface area contributed by atoms with Gasteiger partial charge in [-0.1, -0.05) is 12.1 Å². The summed E-state index contributed by atoms with van der Waals surface area (Å²) in [5, 5.41) is 2.88. The molecule has 0 aliphatic carbocycles. The molecule has 1 aromatic rings. The zero-order valence-corrected chi connectivity index (χ0v) is 11.0. The second-order valence-corrected chi connectivity index (χ2v) is 4.92. The van der Waals surface area contributed by atoms with E-state index >= 15 is 0 Å². The van der Waals surface area contributed by atoms with E-state index in [2.05, 4.69) is 5.32 Å². The van der Waals surface area contributed by atoms with Crippen molar-refractivity contribution >= 4 is 5.91 Å².